The van der Waals surface area contributed by atoms with E-state index < -0.39 is 10.1 Å². The van der Waals surface area contributed by atoms with Crippen molar-refractivity contribution in [1.29, 1.82) is 0 Å². The SMILES string of the molecule is Cc1ccc(S(=O)(=O)O)c(C2=CCCCC2)c1. The second kappa shape index (κ2) is 4.63. The predicted molar refractivity (Wildman–Crippen MR) is 67.4 cm³/mol. The maximum atomic E-state index is 11.3. The van der Waals surface area contributed by atoms with Gasteiger partial charge in [0, 0.05) is 0 Å². The Bertz CT molecular complexity index is 556. The molecule has 0 saturated heterocycles. The third kappa shape index (κ3) is 2.76. The highest BCUT2D eigenvalue weighted by molar-refractivity contribution is 7.85. The maximum Gasteiger partial charge on any atom is 0.295 e. The molecule has 0 spiro atoms. The Morgan fingerprint density at radius 3 is 2.59 bits per heavy atom. The van der Waals surface area contributed by atoms with Crippen LogP contribution in [0.1, 0.15) is 36.8 Å². The molecule has 92 valence electrons. The van der Waals surface area contributed by atoms with Crippen LogP contribution in [0, 0.1) is 6.92 Å². The highest BCUT2D eigenvalue weighted by Gasteiger charge is 2.18. The van der Waals surface area contributed by atoms with E-state index in [0.717, 1.165) is 36.8 Å². The average molecular weight is 252 g/mol. The molecule has 0 saturated carbocycles. The number of benzene rings is 1. The fraction of sp³-hybridized carbons (Fsp3) is 0.385. The zero-order valence-electron chi connectivity index (χ0n) is 9.81. The van der Waals surface area contributed by atoms with Crippen LogP contribution >= 0.6 is 0 Å². The van der Waals surface area contributed by atoms with Crippen molar-refractivity contribution in [2.24, 2.45) is 0 Å². The molecule has 0 aromatic heterocycles. The molecule has 1 aromatic carbocycles. The van der Waals surface area contributed by atoms with Crippen LogP contribution in [0.15, 0.2) is 29.2 Å². The van der Waals surface area contributed by atoms with Crippen molar-refractivity contribution in [3.8, 4) is 0 Å². The summed E-state index contributed by atoms with van der Waals surface area (Å²) in [6.45, 7) is 1.92. The monoisotopic (exact) mass is 252 g/mol. The van der Waals surface area contributed by atoms with Gasteiger partial charge in [-0.2, -0.15) is 8.42 Å². The van der Waals surface area contributed by atoms with Crippen LogP contribution in [0.4, 0.5) is 0 Å². The van der Waals surface area contributed by atoms with Gasteiger partial charge >= 0.3 is 0 Å². The Labute approximate surface area is 102 Å². The van der Waals surface area contributed by atoms with E-state index in [1.165, 1.54) is 6.07 Å². The van der Waals surface area contributed by atoms with Crippen LogP contribution in [0.5, 0.6) is 0 Å². The van der Waals surface area contributed by atoms with Crippen LogP contribution < -0.4 is 0 Å². The molecule has 0 aliphatic heterocycles. The minimum Gasteiger partial charge on any atom is -0.282 e. The molecule has 0 heterocycles. The van der Waals surface area contributed by atoms with Gasteiger partial charge in [0.2, 0.25) is 0 Å². The number of allylic oxidation sites excluding steroid dienone is 2. The fourth-order valence-electron chi connectivity index (χ4n) is 2.20. The van der Waals surface area contributed by atoms with Gasteiger partial charge in [-0.3, -0.25) is 4.55 Å². The van der Waals surface area contributed by atoms with Gasteiger partial charge in [-0.15, -0.1) is 0 Å². The van der Waals surface area contributed by atoms with Crippen molar-refractivity contribution < 1.29 is 13.0 Å². The summed E-state index contributed by atoms with van der Waals surface area (Å²) in [5, 5.41) is 0. The molecule has 1 aliphatic rings. The first-order valence-corrected chi connectivity index (χ1v) is 7.20. The number of hydrogen-bond acceptors (Lipinski definition) is 2. The zero-order valence-corrected chi connectivity index (χ0v) is 10.6. The summed E-state index contributed by atoms with van der Waals surface area (Å²) in [6, 6.07) is 5.02. The summed E-state index contributed by atoms with van der Waals surface area (Å²) in [6.07, 6.45) is 6.16. The molecule has 3 nitrogen and oxygen atoms in total. The molecule has 4 heteroatoms. The molecule has 2 rings (SSSR count). The minimum absolute atomic E-state index is 0.0243. The van der Waals surface area contributed by atoms with Gasteiger partial charge in [-0.05, 0) is 49.8 Å². The van der Waals surface area contributed by atoms with E-state index in [1.807, 2.05) is 13.0 Å². The lowest BCUT2D eigenvalue weighted by molar-refractivity contribution is 0.483. The average Bonchev–Trinajstić information content (AvgIpc) is 2.28. The predicted octanol–water partition coefficient (Wildman–Crippen LogP) is 3.20. The molecule has 0 amide bonds. The second-order valence-corrected chi connectivity index (χ2v) is 5.84. The quantitative estimate of drug-likeness (QED) is 0.822. The molecule has 0 atom stereocenters. The van der Waals surface area contributed by atoms with Crippen molar-refractivity contribution >= 4 is 15.7 Å². The van der Waals surface area contributed by atoms with E-state index in [-0.39, 0.29) is 4.90 Å². The van der Waals surface area contributed by atoms with E-state index in [0.29, 0.717) is 5.56 Å². The molecule has 0 radical (unpaired) electrons. The highest BCUT2D eigenvalue weighted by atomic mass is 32.2. The van der Waals surface area contributed by atoms with Crippen LogP contribution in [0.2, 0.25) is 0 Å². The molecule has 1 aromatic rings. The fourth-order valence-corrected chi connectivity index (χ4v) is 2.91. The van der Waals surface area contributed by atoms with Crippen molar-refractivity contribution in [3.05, 3.63) is 35.4 Å². The van der Waals surface area contributed by atoms with Crippen LogP contribution in [-0.4, -0.2) is 13.0 Å². The van der Waals surface area contributed by atoms with Gasteiger partial charge in [0.25, 0.3) is 10.1 Å². The second-order valence-electron chi connectivity index (χ2n) is 4.45. The van der Waals surface area contributed by atoms with Crippen LogP contribution in [0.3, 0.4) is 0 Å². The lowest BCUT2D eigenvalue weighted by Gasteiger charge is -2.16. The van der Waals surface area contributed by atoms with E-state index >= 15 is 0 Å². The standard InChI is InChI=1S/C13H16O3S/c1-10-7-8-13(17(14,15)16)12(9-10)11-5-3-2-4-6-11/h5,7-9H,2-4,6H2,1H3,(H,14,15,16). The third-order valence-electron chi connectivity index (χ3n) is 3.05. The Morgan fingerprint density at radius 1 is 1.24 bits per heavy atom. The summed E-state index contributed by atoms with van der Waals surface area (Å²) < 4.78 is 31.9. The first kappa shape index (κ1) is 12.3. The lowest BCUT2D eigenvalue weighted by atomic mass is 9.93. The molecule has 0 unspecified atom stereocenters. The Hall–Kier alpha value is -1.13. The highest BCUT2D eigenvalue weighted by Crippen LogP contribution is 2.31. The number of aryl methyl sites for hydroxylation is 1. The van der Waals surface area contributed by atoms with Gasteiger partial charge in [-0.25, -0.2) is 0 Å². The Kier molecular flexibility index (Phi) is 3.35. The van der Waals surface area contributed by atoms with Crippen LogP contribution in [0.25, 0.3) is 5.57 Å². The summed E-state index contributed by atoms with van der Waals surface area (Å²) in [5.74, 6) is 0. The molecular weight excluding hydrogens is 236 g/mol. The summed E-state index contributed by atoms with van der Waals surface area (Å²) in [5.41, 5.74) is 2.69. The zero-order chi connectivity index (χ0) is 12.5. The number of hydrogen-bond donors (Lipinski definition) is 1. The van der Waals surface area contributed by atoms with E-state index in [4.69, 9.17) is 0 Å². The normalized spacial score (nSPS) is 16.7. The Balaban J connectivity index is 2.58. The molecule has 1 N–H and O–H groups in total. The van der Waals surface area contributed by atoms with Crippen molar-refractivity contribution in [2.45, 2.75) is 37.5 Å². The third-order valence-corrected chi connectivity index (χ3v) is 3.96. The van der Waals surface area contributed by atoms with Crippen molar-refractivity contribution in [2.75, 3.05) is 0 Å². The Morgan fingerprint density at radius 2 is 2.00 bits per heavy atom. The molecule has 0 bridgehead atoms. The van der Waals surface area contributed by atoms with E-state index in [9.17, 15) is 13.0 Å². The van der Waals surface area contributed by atoms with Gasteiger partial charge < -0.3 is 0 Å². The van der Waals surface area contributed by atoms with Crippen molar-refractivity contribution in [3.63, 3.8) is 0 Å². The smallest absolute Gasteiger partial charge is 0.282 e. The topological polar surface area (TPSA) is 54.4 Å². The molecular formula is C13H16O3S. The minimum atomic E-state index is -4.14. The first-order valence-electron chi connectivity index (χ1n) is 5.76. The molecule has 17 heavy (non-hydrogen) atoms. The summed E-state index contributed by atoms with van der Waals surface area (Å²) in [7, 11) is -4.14. The molecule has 0 fully saturated rings. The van der Waals surface area contributed by atoms with Gasteiger partial charge in [-0.1, -0.05) is 23.8 Å². The number of rotatable bonds is 2. The largest absolute Gasteiger partial charge is 0.295 e. The van der Waals surface area contributed by atoms with E-state index in [1.54, 1.807) is 6.07 Å². The van der Waals surface area contributed by atoms with Gasteiger partial charge in [0.1, 0.15) is 4.90 Å². The summed E-state index contributed by atoms with van der Waals surface area (Å²) in [4.78, 5) is 0.0243. The maximum absolute atomic E-state index is 11.3. The van der Waals surface area contributed by atoms with E-state index in [2.05, 4.69) is 6.08 Å². The lowest BCUT2D eigenvalue weighted by Crippen LogP contribution is -2.04. The van der Waals surface area contributed by atoms with Crippen LogP contribution in [-0.2, 0) is 10.1 Å². The van der Waals surface area contributed by atoms with Gasteiger partial charge in [0.05, 0.1) is 0 Å². The first-order chi connectivity index (χ1) is 7.98. The summed E-state index contributed by atoms with van der Waals surface area (Å²) >= 11 is 0. The van der Waals surface area contributed by atoms with Gasteiger partial charge in [0.15, 0.2) is 0 Å². The molecule has 1 aliphatic carbocycles. The van der Waals surface area contributed by atoms with Crippen molar-refractivity contribution in [1.82, 2.24) is 0 Å².